The van der Waals surface area contributed by atoms with Gasteiger partial charge in [0.2, 0.25) is 0 Å². The van der Waals surface area contributed by atoms with Crippen LogP contribution in [0.3, 0.4) is 0 Å². The second-order valence-electron chi connectivity index (χ2n) is 3.99. The van der Waals surface area contributed by atoms with Gasteiger partial charge in [0.1, 0.15) is 4.21 Å². The monoisotopic (exact) mass is 301 g/mol. The van der Waals surface area contributed by atoms with E-state index >= 15 is 0 Å². The molecule has 0 fully saturated rings. The number of halogens is 2. The Balaban J connectivity index is 2.88. The van der Waals surface area contributed by atoms with E-state index in [4.69, 9.17) is 23.2 Å². The van der Waals surface area contributed by atoms with E-state index in [1.54, 1.807) is 19.9 Å². The molecule has 0 atom stereocenters. The third kappa shape index (κ3) is 3.89. The first-order chi connectivity index (χ1) is 7.27. The molecule has 1 aromatic heterocycles. The highest BCUT2D eigenvalue weighted by molar-refractivity contribution is 7.91. The normalized spacial score (nSPS) is 13.0. The third-order valence-corrected chi connectivity index (χ3v) is 5.55. The van der Waals surface area contributed by atoms with Gasteiger partial charge < -0.3 is 0 Å². The standard InChI is InChI=1S/C9H13Cl2NO2S2/c1-9(2,5-6-10)12-16(13,14)8-4-3-7(11)15-8/h3-4,12H,5-6H2,1-2H3. The van der Waals surface area contributed by atoms with Crippen molar-refractivity contribution in [2.45, 2.75) is 30.0 Å². The van der Waals surface area contributed by atoms with Gasteiger partial charge >= 0.3 is 0 Å². The molecule has 1 aromatic rings. The van der Waals surface area contributed by atoms with E-state index in [2.05, 4.69) is 4.72 Å². The number of sulfonamides is 1. The van der Waals surface area contributed by atoms with Crippen molar-refractivity contribution in [2.24, 2.45) is 0 Å². The Kier molecular flexibility index (Phi) is 4.66. The van der Waals surface area contributed by atoms with Gasteiger partial charge in [-0.2, -0.15) is 0 Å². The molecule has 0 saturated heterocycles. The van der Waals surface area contributed by atoms with Crippen LogP contribution >= 0.6 is 34.5 Å². The average Bonchev–Trinajstić information content (AvgIpc) is 2.49. The Morgan fingerprint density at radius 2 is 2.06 bits per heavy atom. The Morgan fingerprint density at radius 3 is 2.50 bits per heavy atom. The summed E-state index contributed by atoms with van der Waals surface area (Å²) >= 11 is 12.4. The number of nitrogens with one attached hydrogen (secondary N) is 1. The number of alkyl halides is 1. The topological polar surface area (TPSA) is 46.2 Å². The Morgan fingerprint density at radius 1 is 1.44 bits per heavy atom. The van der Waals surface area contributed by atoms with Gasteiger partial charge in [-0.3, -0.25) is 0 Å². The highest BCUT2D eigenvalue weighted by atomic mass is 35.5. The maximum absolute atomic E-state index is 11.9. The van der Waals surface area contributed by atoms with E-state index in [1.807, 2.05) is 0 Å². The molecule has 0 aromatic carbocycles. The molecule has 3 nitrogen and oxygen atoms in total. The minimum Gasteiger partial charge on any atom is -0.206 e. The summed E-state index contributed by atoms with van der Waals surface area (Å²) in [6.07, 6.45) is 0.562. The summed E-state index contributed by atoms with van der Waals surface area (Å²) in [7, 11) is -3.49. The first-order valence-corrected chi connectivity index (χ1v) is 7.83. The van der Waals surface area contributed by atoms with Gasteiger partial charge in [-0.15, -0.1) is 22.9 Å². The molecule has 0 aliphatic carbocycles. The zero-order valence-corrected chi connectivity index (χ0v) is 12.1. The van der Waals surface area contributed by atoms with Crippen LogP contribution in [0.5, 0.6) is 0 Å². The van der Waals surface area contributed by atoms with Crippen LogP contribution in [0.25, 0.3) is 0 Å². The number of thiophene rings is 1. The molecule has 16 heavy (non-hydrogen) atoms. The number of rotatable bonds is 5. The molecule has 92 valence electrons. The largest absolute Gasteiger partial charge is 0.250 e. The molecule has 7 heteroatoms. The maximum atomic E-state index is 11.9. The van der Waals surface area contributed by atoms with E-state index in [0.29, 0.717) is 16.6 Å². The molecule has 0 radical (unpaired) electrons. The Hall–Kier alpha value is 0.190. The van der Waals surface area contributed by atoms with Gasteiger partial charge in [0, 0.05) is 11.4 Å². The summed E-state index contributed by atoms with van der Waals surface area (Å²) in [5.74, 6) is 0.403. The van der Waals surface area contributed by atoms with Crippen LogP contribution < -0.4 is 4.72 Å². The molecular formula is C9H13Cl2NO2S2. The minimum absolute atomic E-state index is 0.222. The highest BCUT2D eigenvalue weighted by Gasteiger charge is 2.26. The summed E-state index contributed by atoms with van der Waals surface area (Å²) in [4.78, 5) is 0. The summed E-state index contributed by atoms with van der Waals surface area (Å²) in [5.41, 5.74) is -0.558. The Bertz CT molecular complexity index is 454. The molecule has 1 rings (SSSR count). The fourth-order valence-corrected chi connectivity index (χ4v) is 4.54. The lowest BCUT2D eigenvalue weighted by Gasteiger charge is -2.24. The summed E-state index contributed by atoms with van der Waals surface area (Å²) < 4.78 is 27.1. The summed E-state index contributed by atoms with van der Waals surface area (Å²) in [6, 6.07) is 3.06. The molecule has 0 bridgehead atoms. The van der Waals surface area contributed by atoms with Crippen molar-refractivity contribution in [1.82, 2.24) is 4.72 Å². The predicted molar refractivity (Wildman–Crippen MR) is 69.1 cm³/mol. The molecule has 1 heterocycles. The second-order valence-corrected chi connectivity index (χ2v) is 7.99. The average molecular weight is 302 g/mol. The van der Waals surface area contributed by atoms with Crippen molar-refractivity contribution < 1.29 is 8.42 Å². The van der Waals surface area contributed by atoms with Gasteiger partial charge in [0.05, 0.1) is 4.34 Å². The van der Waals surface area contributed by atoms with E-state index < -0.39 is 15.6 Å². The lowest BCUT2D eigenvalue weighted by atomic mass is 10.0. The van der Waals surface area contributed by atoms with Crippen molar-refractivity contribution >= 4 is 44.6 Å². The van der Waals surface area contributed by atoms with Crippen molar-refractivity contribution in [2.75, 3.05) is 5.88 Å². The van der Waals surface area contributed by atoms with Gasteiger partial charge in [0.15, 0.2) is 0 Å². The molecule has 0 aliphatic rings. The SMILES string of the molecule is CC(C)(CCCl)NS(=O)(=O)c1ccc(Cl)s1. The Labute approximate surface area is 110 Å². The summed E-state index contributed by atoms with van der Waals surface area (Å²) in [6.45, 7) is 3.59. The lowest BCUT2D eigenvalue weighted by molar-refractivity contribution is 0.442. The van der Waals surface area contributed by atoms with E-state index in [1.165, 1.54) is 6.07 Å². The molecule has 0 spiro atoms. The van der Waals surface area contributed by atoms with Crippen LogP contribution in [0.2, 0.25) is 4.34 Å². The minimum atomic E-state index is -3.49. The first-order valence-electron chi connectivity index (χ1n) is 4.62. The molecule has 0 amide bonds. The van der Waals surface area contributed by atoms with Crippen molar-refractivity contribution in [3.63, 3.8) is 0 Å². The second kappa shape index (κ2) is 5.23. The van der Waals surface area contributed by atoms with Crippen LogP contribution in [-0.4, -0.2) is 19.8 Å². The molecule has 1 N–H and O–H groups in total. The maximum Gasteiger partial charge on any atom is 0.250 e. The van der Waals surface area contributed by atoms with E-state index in [9.17, 15) is 8.42 Å². The van der Waals surface area contributed by atoms with Crippen molar-refractivity contribution in [1.29, 1.82) is 0 Å². The van der Waals surface area contributed by atoms with Crippen LogP contribution in [0.4, 0.5) is 0 Å². The van der Waals surface area contributed by atoms with Gasteiger partial charge in [-0.25, -0.2) is 13.1 Å². The molecular weight excluding hydrogens is 289 g/mol. The quantitative estimate of drug-likeness (QED) is 0.850. The van der Waals surface area contributed by atoms with E-state index in [-0.39, 0.29) is 4.21 Å². The van der Waals surface area contributed by atoms with Crippen LogP contribution in [0.15, 0.2) is 16.3 Å². The van der Waals surface area contributed by atoms with Crippen LogP contribution in [0.1, 0.15) is 20.3 Å². The zero-order valence-electron chi connectivity index (χ0n) is 8.96. The smallest absolute Gasteiger partial charge is 0.206 e. The fraction of sp³-hybridized carbons (Fsp3) is 0.556. The van der Waals surface area contributed by atoms with Crippen LogP contribution in [-0.2, 0) is 10.0 Å². The first kappa shape index (κ1) is 14.3. The molecule has 0 aliphatic heterocycles. The third-order valence-electron chi connectivity index (χ3n) is 1.94. The lowest BCUT2D eigenvalue weighted by Crippen LogP contribution is -2.43. The summed E-state index contributed by atoms with van der Waals surface area (Å²) in [5, 5.41) is 0. The highest BCUT2D eigenvalue weighted by Crippen LogP contribution is 2.26. The van der Waals surface area contributed by atoms with Gasteiger partial charge in [-0.05, 0) is 32.4 Å². The predicted octanol–water partition coefficient (Wildman–Crippen LogP) is 3.09. The van der Waals surface area contributed by atoms with E-state index in [0.717, 1.165) is 11.3 Å². The number of hydrogen-bond donors (Lipinski definition) is 1. The van der Waals surface area contributed by atoms with Crippen LogP contribution in [0, 0.1) is 0 Å². The van der Waals surface area contributed by atoms with Gasteiger partial charge in [0.25, 0.3) is 10.0 Å². The molecule has 0 unspecified atom stereocenters. The van der Waals surface area contributed by atoms with Crippen molar-refractivity contribution in [3.8, 4) is 0 Å². The van der Waals surface area contributed by atoms with Crippen molar-refractivity contribution in [3.05, 3.63) is 16.5 Å². The molecule has 0 saturated carbocycles. The fourth-order valence-electron chi connectivity index (χ4n) is 1.14. The van der Waals surface area contributed by atoms with Gasteiger partial charge in [-0.1, -0.05) is 11.6 Å². The number of hydrogen-bond acceptors (Lipinski definition) is 3. The zero-order chi connectivity index (χ0) is 12.4.